The Labute approximate surface area is 91.4 Å². The molecule has 1 unspecified atom stereocenters. The van der Waals surface area contributed by atoms with Crippen LogP contribution in [0.2, 0.25) is 0 Å². The van der Waals surface area contributed by atoms with Crippen molar-refractivity contribution in [1.29, 1.82) is 0 Å². The lowest BCUT2D eigenvalue weighted by Crippen LogP contribution is -2.29. The third-order valence-corrected chi connectivity index (χ3v) is 3.44. The van der Waals surface area contributed by atoms with Gasteiger partial charge in [0.05, 0.1) is 5.69 Å². The summed E-state index contributed by atoms with van der Waals surface area (Å²) in [4.78, 5) is 0. The molecule has 0 aromatic carbocycles. The molecule has 0 fully saturated rings. The van der Waals surface area contributed by atoms with E-state index in [1.807, 2.05) is 0 Å². The minimum Gasteiger partial charge on any atom is -0.330 e. The number of aromatic amines is 1. The van der Waals surface area contributed by atoms with Gasteiger partial charge < -0.3 is 5.73 Å². The van der Waals surface area contributed by atoms with Crippen LogP contribution in [0, 0.1) is 5.41 Å². The van der Waals surface area contributed by atoms with Crippen molar-refractivity contribution in [1.82, 2.24) is 10.2 Å². The van der Waals surface area contributed by atoms with E-state index in [1.54, 1.807) is 0 Å². The van der Waals surface area contributed by atoms with Gasteiger partial charge in [0.15, 0.2) is 0 Å². The second-order valence-electron chi connectivity index (χ2n) is 5.39. The maximum Gasteiger partial charge on any atom is 0.0657 e. The Morgan fingerprint density at radius 2 is 2.27 bits per heavy atom. The zero-order valence-electron chi connectivity index (χ0n) is 9.93. The summed E-state index contributed by atoms with van der Waals surface area (Å²) in [5, 5.41) is 7.59. The Balaban J connectivity index is 2.42. The van der Waals surface area contributed by atoms with E-state index < -0.39 is 0 Å². The fourth-order valence-electron chi connectivity index (χ4n) is 2.84. The first-order valence-corrected chi connectivity index (χ1v) is 5.83. The van der Waals surface area contributed by atoms with Crippen LogP contribution >= 0.6 is 0 Å². The molecule has 0 aliphatic heterocycles. The highest BCUT2D eigenvalue weighted by atomic mass is 15.1. The number of rotatable bonds is 2. The van der Waals surface area contributed by atoms with Crippen LogP contribution in [0.5, 0.6) is 0 Å². The fraction of sp³-hybridized carbons (Fsp3) is 0.750. The average molecular weight is 207 g/mol. The molecular weight excluding hydrogens is 186 g/mol. The summed E-state index contributed by atoms with van der Waals surface area (Å²) in [6, 6.07) is 0. The monoisotopic (exact) mass is 207 g/mol. The van der Waals surface area contributed by atoms with E-state index in [2.05, 4.69) is 31.0 Å². The second kappa shape index (κ2) is 3.63. The molecule has 0 saturated carbocycles. The number of aromatic nitrogens is 2. The Morgan fingerprint density at radius 3 is 2.87 bits per heavy atom. The molecule has 1 atom stereocenters. The molecule has 1 aliphatic carbocycles. The molecule has 3 heteroatoms. The van der Waals surface area contributed by atoms with Crippen LogP contribution in [-0.2, 0) is 12.8 Å². The molecule has 2 rings (SSSR count). The van der Waals surface area contributed by atoms with Crippen molar-refractivity contribution < 1.29 is 0 Å². The van der Waals surface area contributed by atoms with Crippen molar-refractivity contribution in [2.75, 3.05) is 6.54 Å². The fourth-order valence-corrected chi connectivity index (χ4v) is 2.84. The Kier molecular flexibility index (Phi) is 2.59. The number of aryl methyl sites for hydroxylation is 1. The molecular formula is C12H21N3. The van der Waals surface area contributed by atoms with Crippen LogP contribution in [0.25, 0.3) is 0 Å². The summed E-state index contributed by atoms with van der Waals surface area (Å²) in [6.07, 6.45) is 3.29. The molecule has 1 aliphatic rings. The zero-order chi connectivity index (χ0) is 11.1. The number of nitrogens with two attached hydrogens (primary N) is 1. The molecule has 3 nitrogen and oxygen atoms in total. The van der Waals surface area contributed by atoms with Crippen LogP contribution in [0.15, 0.2) is 0 Å². The van der Waals surface area contributed by atoms with Gasteiger partial charge in [0.1, 0.15) is 0 Å². The Hall–Kier alpha value is -0.830. The molecule has 1 aromatic rings. The number of fused-ring (bicyclic) bond motifs is 1. The molecule has 15 heavy (non-hydrogen) atoms. The normalized spacial score (nSPS) is 23.9. The number of H-pyrrole nitrogens is 1. The van der Waals surface area contributed by atoms with E-state index in [4.69, 9.17) is 5.73 Å². The van der Waals surface area contributed by atoms with E-state index in [-0.39, 0.29) is 0 Å². The van der Waals surface area contributed by atoms with Gasteiger partial charge in [-0.2, -0.15) is 5.10 Å². The van der Waals surface area contributed by atoms with Crippen LogP contribution < -0.4 is 5.73 Å². The Morgan fingerprint density at radius 1 is 1.53 bits per heavy atom. The molecule has 1 heterocycles. The van der Waals surface area contributed by atoms with Gasteiger partial charge in [0, 0.05) is 17.2 Å². The molecule has 0 bridgehead atoms. The minimum atomic E-state index is 0.356. The molecule has 0 radical (unpaired) electrons. The molecule has 1 aromatic heterocycles. The van der Waals surface area contributed by atoms with Crippen molar-refractivity contribution >= 4 is 0 Å². The largest absolute Gasteiger partial charge is 0.330 e. The molecule has 0 saturated heterocycles. The maximum absolute atomic E-state index is 5.88. The quantitative estimate of drug-likeness (QED) is 0.779. The first-order valence-electron chi connectivity index (χ1n) is 5.83. The van der Waals surface area contributed by atoms with Gasteiger partial charge in [-0.15, -0.1) is 0 Å². The van der Waals surface area contributed by atoms with Gasteiger partial charge in [-0.1, -0.05) is 20.8 Å². The van der Waals surface area contributed by atoms with Crippen LogP contribution in [0.1, 0.15) is 50.1 Å². The zero-order valence-corrected chi connectivity index (χ0v) is 9.93. The lowest BCUT2D eigenvalue weighted by molar-refractivity contribution is 0.279. The van der Waals surface area contributed by atoms with Crippen molar-refractivity contribution in [3.63, 3.8) is 0 Å². The number of nitrogens with zero attached hydrogens (tertiary/aromatic N) is 1. The van der Waals surface area contributed by atoms with Gasteiger partial charge in [-0.05, 0) is 31.2 Å². The molecule has 3 N–H and O–H groups in total. The van der Waals surface area contributed by atoms with Crippen LogP contribution in [0.4, 0.5) is 0 Å². The third-order valence-electron chi connectivity index (χ3n) is 3.44. The van der Waals surface area contributed by atoms with Crippen molar-refractivity contribution in [3.8, 4) is 0 Å². The van der Waals surface area contributed by atoms with Crippen molar-refractivity contribution in [2.24, 2.45) is 11.1 Å². The highest BCUT2D eigenvalue weighted by Gasteiger charge is 2.34. The van der Waals surface area contributed by atoms with Crippen LogP contribution in [-0.4, -0.2) is 16.7 Å². The summed E-state index contributed by atoms with van der Waals surface area (Å²) in [6.45, 7) is 7.52. The lowest BCUT2D eigenvalue weighted by atomic mass is 9.71. The molecule has 84 valence electrons. The number of hydrogen-bond donors (Lipinski definition) is 2. The first-order chi connectivity index (χ1) is 7.07. The topological polar surface area (TPSA) is 54.7 Å². The number of nitrogens with one attached hydrogen (secondary N) is 1. The van der Waals surface area contributed by atoms with Gasteiger partial charge in [0.2, 0.25) is 0 Å². The summed E-state index contributed by atoms with van der Waals surface area (Å²) >= 11 is 0. The predicted molar refractivity (Wildman–Crippen MR) is 61.9 cm³/mol. The van der Waals surface area contributed by atoms with E-state index in [9.17, 15) is 0 Å². The summed E-state index contributed by atoms with van der Waals surface area (Å²) in [7, 11) is 0. The lowest BCUT2D eigenvalue weighted by Gasteiger charge is -2.34. The van der Waals surface area contributed by atoms with Crippen molar-refractivity contribution in [3.05, 3.63) is 17.0 Å². The third kappa shape index (κ3) is 1.81. The summed E-state index contributed by atoms with van der Waals surface area (Å²) in [5.41, 5.74) is 10.2. The number of hydrogen-bond acceptors (Lipinski definition) is 2. The van der Waals surface area contributed by atoms with E-state index >= 15 is 0 Å². The smallest absolute Gasteiger partial charge is 0.0657 e. The second-order valence-corrected chi connectivity index (χ2v) is 5.39. The SMILES string of the molecule is CCc1n[nH]c2c1C(CN)CC(C)(C)C2. The Bertz CT molecular complexity index is 352. The highest BCUT2D eigenvalue weighted by molar-refractivity contribution is 5.33. The van der Waals surface area contributed by atoms with Crippen LogP contribution in [0.3, 0.4) is 0 Å². The summed E-state index contributed by atoms with van der Waals surface area (Å²) < 4.78 is 0. The van der Waals surface area contributed by atoms with Crippen molar-refractivity contribution in [2.45, 2.75) is 46.0 Å². The van der Waals surface area contributed by atoms with E-state index in [1.165, 1.54) is 23.4 Å². The van der Waals surface area contributed by atoms with Gasteiger partial charge >= 0.3 is 0 Å². The predicted octanol–water partition coefficient (Wildman–Crippen LogP) is 1.99. The van der Waals surface area contributed by atoms with Gasteiger partial charge in [0.25, 0.3) is 0 Å². The van der Waals surface area contributed by atoms with Gasteiger partial charge in [-0.3, -0.25) is 5.10 Å². The highest BCUT2D eigenvalue weighted by Crippen LogP contribution is 2.41. The molecule has 0 spiro atoms. The standard InChI is InChI=1S/C12H21N3/c1-4-9-11-8(7-13)5-12(2,3)6-10(11)15-14-9/h8H,4-7,13H2,1-3H3,(H,14,15). The van der Waals surface area contributed by atoms with E-state index in [0.29, 0.717) is 11.3 Å². The van der Waals surface area contributed by atoms with Gasteiger partial charge in [-0.25, -0.2) is 0 Å². The maximum atomic E-state index is 5.88. The first kappa shape index (κ1) is 10.7. The summed E-state index contributed by atoms with van der Waals surface area (Å²) in [5.74, 6) is 0.498. The van der Waals surface area contributed by atoms with E-state index in [0.717, 1.165) is 19.4 Å². The molecule has 0 amide bonds. The average Bonchev–Trinajstić information content (AvgIpc) is 2.57. The minimum absolute atomic E-state index is 0.356.